The Bertz CT molecular complexity index is 451. The van der Waals surface area contributed by atoms with Gasteiger partial charge in [-0.15, -0.1) is 0 Å². The van der Waals surface area contributed by atoms with Crippen molar-refractivity contribution >= 4 is 11.8 Å². The van der Waals surface area contributed by atoms with Gasteiger partial charge in [-0.3, -0.25) is 10.1 Å². The fraction of sp³-hybridized carbons (Fsp3) is 0.417. The van der Waals surface area contributed by atoms with Crippen molar-refractivity contribution in [2.75, 3.05) is 26.4 Å². The van der Waals surface area contributed by atoms with E-state index < -0.39 is 11.0 Å². The molecule has 0 aliphatic heterocycles. The van der Waals surface area contributed by atoms with Gasteiger partial charge in [-0.2, -0.15) is 0 Å². The minimum Gasteiger partial charge on any atom is -0.447 e. The summed E-state index contributed by atoms with van der Waals surface area (Å²) in [5.41, 5.74) is 5.52. The normalized spacial score (nSPS) is 10.2. The highest BCUT2D eigenvalue weighted by molar-refractivity contribution is 5.64. The van der Waals surface area contributed by atoms with Gasteiger partial charge in [-0.25, -0.2) is 4.79 Å². The number of rotatable bonds is 9. The predicted molar refractivity (Wildman–Crippen MR) is 69.1 cm³/mol. The van der Waals surface area contributed by atoms with E-state index in [4.69, 9.17) is 15.2 Å². The van der Waals surface area contributed by atoms with Crippen LogP contribution in [0, 0.1) is 10.1 Å². The second-order valence-corrected chi connectivity index (χ2v) is 3.76. The minimum atomic E-state index is -0.837. The highest BCUT2D eigenvalue weighted by atomic mass is 16.6. The van der Waals surface area contributed by atoms with Crippen LogP contribution in [0.1, 0.15) is 5.56 Å². The molecule has 0 aromatic heterocycles. The third kappa shape index (κ3) is 6.66. The van der Waals surface area contributed by atoms with Gasteiger partial charge in [-0.05, 0) is 5.56 Å². The van der Waals surface area contributed by atoms with Crippen LogP contribution >= 0.6 is 0 Å². The minimum absolute atomic E-state index is 0.0333. The first kappa shape index (κ1) is 15.9. The predicted octanol–water partition coefficient (Wildman–Crippen LogP) is 1.22. The Morgan fingerprint density at radius 2 is 1.90 bits per heavy atom. The molecule has 0 spiro atoms. The Morgan fingerprint density at radius 1 is 1.20 bits per heavy atom. The number of ether oxygens (including phenoxy) is 3. The Hall–Kier alpha value is -2.19. The summed E-state index contributed by atoms with van der Waals surface area (Å²) in [5, 5.41) is 10.6. The van der Waals surface area contributed by atoms with E-state index in [1.54, 1.807) is 12.1 Å². The van der Waals surface area contributed by atoms with Gasteiger partial charge in [-0.1, -0.05) is 12.1 Å². The summed E-state index contributed by atoms with van der Waals surface area (Å²) in [6, 6.07) is 6.23. The van der Waals surface area contributed by atoms with Gasteiger partial charge < -0.3 is 19.9 Å². The Morgan fingerprint density at radius 3 is 2.60 bits per heavy atom. The van der Waals surface area contributed by atoms with E-state index in [9.17, 15) is 14.9 Å². The van der Waals surface area contributed by atoms with Gasteiger partial charge in [0.25, 0.3) is 5.69 Å². The van der Waals surface area contributed by atoms with Gasteiger partial charge in [0.05, 0.1) is 31.4 Å². The van der Waals surface area contributed by atoms with Crippen LogP contribution in [0.3, 0.4) is 0 Å². The summed E-state index contributed by atoms with van der Waals surface area (Å²) in [6.07, 6.45) is -0.837. The van der Waals surface area contributed by atoms with Gasteiger partial charge >= 0.3 is 6.09 Å². The molecule has 0 atom stereocenters. The molecule has 1 amide bonds. The molecule has 0 unspecified atom stereocenters. The lowest BCUT2D eigenvalue weighted by Crippen LogP contribution is -2.17. The third-order valence-electron chi connectivity index (χ3n) is 2.23. The molecule has 1 aromatic rings. The summed E-state index contributed by atoms with van der Waals surface area (Å²) in [5.74, 6) is 0. The zero-order valence-electron chi connectivity index (χ0n) is 10.8. The summed E-state index contributed by atoms with van der Waals surface area (Å²) in [7, 11) is 0. The molecule has 20 heavy (non-hydrogen) atoms. The van der Waals surface area contributed by atoms with E-state index in [1.807, 2.05) is 0 Å². The van der Waals surface area contributed by atoms with Crippen molar-refractivity contribution in [1.82, 2.24) is 0 Å². The van der Waals surface area contributed by atoms with Crippen molar-refractivity contribution in [3.05, 3.63) is 39.9 Å². The van der Waals surface area contributed by atoms with E-state index in [-0.39, 0.29) is 25.5 Å². The average molecular weight is 284 g/mol. The number of carbonyl (C=O) groups excluding carboxylic acids is 1. The molecule has 0 heterocycles. The number of nitrogens with zero attached hydrogens (tertiary/aromatic N) is 1. The molecule has 0 bridgehead atoms. The molecule has 110 valence electrons. The third-order valence-corrected chi connectivity index (χ3v) is 2.23. The standard InChI is InChI=1S/C12H16N2O6/c13-12(15)20-7-6-18-4-5-19-9-10-2-1-3-11(8-10)14(16)17/h1-3,8H,4-7,9H2,(H2,13,15). The number of primary amides is 1. The van der Waals surface area contributed by atoms with Crippen LogP contribution in [0.15, 0.2) is 24.3 Å². The number of hydrogen-bond acceptors (Lipinski definition) is 6. The van der Waals surface area contributed by atoms with E-state index in [0.29, 0.717) is 13.2 Å². The SMILES string of the molecule is NC(=O)OCCOCCOCc1cccc([N+](=O)[O-])c1. The molecule has 0 saturated carbocycles. The van der Waals surface area contributed by atoms with E-state index in [0.717, 1.165) is 5.56 Å². The maximum absolute atomic E-state index is 10.6. The first-order valence-electron chi connectivity index (χ1n) is 5.90. The lowest BCUT2D eigenvalue weighted by atomic mass is 10.2. The number of nitro groups is 1. The molecule has 0 radical (unpaired) electrons. The smallest absolute Gasteiger partial charge is 0.404 e. The van der Waals surface area contributed by atoms with Crippen LogP contribution in [0.5, 0.6) is 0 Å². The fourth-order valence-corrected chi connectivity index (χ4v) is 1.37. The highest BCUT2D eigenvalue weighted by Gasteiger charge is 2.05. The average Bonchev–Trinajstić information content (AvgIpc) is 2.41. The molecule has 1 rings (SSSR count). The lowest BCUT2D eigenvalue weighted by molar-refractivity contribution is -0.384. The Labute approximate surface area is 115 Å². The van der Waals surface area contributed by atoms with Crippen molar-refractivity contribution in [2.24, 2.45) is 5.73 Å². The Balaban J connectivity index is 2.11. The molecule has 0 fully saturated rings. The van der Waals surface area contributed by atoms with Crippen LogP contribution in [-0.4, -0.2) is 37.4 Å². The lowest BCUT2D eigenvalue weighted by Gasteiger charge is -2.06. The van der Waals surface area contributed by atoms with Crippen LogP contribution in [0.2, 0.25) is 0 Å². The maximum Gasteiger partial charge on any atom is 0.404 e. The summed E-state index contributed by atoms with van der Waals surface area (Å²) >= 11 is 0. The number of hydrogen-bond donors (Lipinski definition) is 1. The summed E-state index contributed by atoms with van der Waals surface area (Å²) in [6.45, 7) is 1.27. The maximum atomic E-state index is 10.6. The van der Waals surface area contributed by atoms with Crippen molar-refractivity contribution < 1.29 is 23.9 Å². The number of non-ortho nitro benzene ring substituents is 1. The number of amides is 1. The zero-order valence-corrected chi connectivity index (χ0v) is 10.8. The van der Waals surface area contributed by atoms with Crippen LogP contribution in [0.25, 0.3) is 0 Å². The van der Waals surface area contributed by atoms with Gasteiger partial charge in [0.2, 0.25) is 0 Å². The highest BCUT2D eigenvalue weighted by Crippen LogP contribution is 2.13. The summed E-state index contributed by atoms with van der Waals surface area (Å²) < 4.78 is 14.9. The van der Waals surface area contributed by atoms with E-state index in [1.165, 1.54) is 12.1 Å². The van der Waals surface area contributed by atoms with Crippen LogP contribution < -0.4 is 5.73 Å². The van der Waals surface area contributed by atoms with Crippen LogP contribution in [-0.2, 0) is 20.8 Å². The largest absolute Gasteiger partial charge is 0.447 e. The number of benzene rings is 1. The first-order chi connectivity index (χ1) is 9.59. The second-order valence-electron chi connectivity index (χ2n) is 3.76. The summed E-state index contributed by atoms with van der Waals surface area (Å²) in [4.78, 5) is 20.4. The Kier molecular flexibility index (Phi) is 7.01. The van der Waals surface area contributed by atoms with Gasteiger partial charge in [0, 0.05) is 12.1 Å². The number of carbonyl (C=O) groups is 1. The molecule has 0 aliphatic rings. The zero-order chi connectivity index (χ0) is 14.8. The molecule has 8 heteroatoms. The van der Waals surface area contributed by atoms with Crippen molar-refractivity contribution in [1.29, 1.82) is 0 Å². The number of nitrogens with two attached hydrogens (primary N) is 1. The molecular formula is C12H16N2O6. The molecule has 2 N–H and O–H groups in total. The topological polar surface area (TPSA) is 114 Å². The quantitative estimate of drug-likeness (QED) is 0.414. The van der Waals surface area contributed by atoms with Crippen LogP contribution in [0.4, 0.5) is 10.5 Å². The fourth-order valence-electron chi connectivity index (χ4n) is 1.37. The molecule has 8 nitrogen and oxygen atoms in total. The molecular weight excluding hydrogens is 268 g/mol. The molecule has 0 aliphatic carbocycles. The van der Waals surface area contributed by atoms with E-state index >= 15 is 0 Å². The van der Waals surface area contributed by atoms with Crippen molar-refractivity contribution in [3.8, 4) is 0 Å². The molecule has 1 aromatic carbocycles. The first-order valence-corrected chi connectivity index (χ1v) is 5.90. The monoisotopic (exact) mass is 284 g/mol. The van der Waals surface area contributed by atoms with Crippen molar-refractivity contribution in [2.45, 2.75) is 6.61 Å². The van der Waals surface area contributed by atoms with E-state index in [2.05, 4.69) is 4.74 Å². The van der Waals surface area contributed by atoms with Gasteiger partial charge in [0.15, 0.2) is 0 Å². The number of nitro benzene ring substituents is 1. The molecule has 0 saturated heterocycles. The second kappa shape index (κ2) is 8.83. The van der Waals surface area contributed by atoms with Gasteiger partial charge in [0.1, 0.15) is 6.61 Å². The van der Waals surface area contributed by atoms with Crippen molar-refractivity contribution in [3.63, 3.8) is 0 Å².